The molecule has 6 heteroatoms. The number of methoxy groups -OCH3 is 1. The summed E-state index contributed by atoms with van der Waals surface area (Å²) in [4.78, 5) is 29.1. The van der Waals surface area contributed by atoms with Gasteiger partial charge in [0.15, 0.2) is 0 Å². The molecule has 0 aromatic heterocycles. The molecule has 2 aromatic rings. The minimum Gasteiger partial charge on any atom is -0.497 e. The van der Waals surface area contributed by atoms with Gasteiger partial charge in [-0.3, -0.25) is 0 Å². The first kappa shape index (κ1) is 27.2. The van der Waals surface area contributed by atoms with Crippen molar-refractivity contribution in [2.75, 3.05) is 27.7 Å². The molecule has 0 heterocycles. The number of carbonyl (C=O) groups excluding carboxylic acids is 2. The molecule has 6 nitrogen and oxygen atoms in total. The van der Waals surface area contributed by atoms with Gasteiger partial charge in [-0.05, 0) is 102 Å². The fraction of sp³-hybridized carbons (Fsp3) is 0.548. The molecule has 2 aromatic carbocycles. The predicted octanol–water partition coefficient (Wildman–Crippen LogP) is 6.29. The summed E-state index contributed by atoms with van der Waals surface area (Å²) in [5.41, 5.74) is -0.321. The van der Waals surface area contributed by atoms with Crippen molar-refractivity contribution in [1.82, 2.24) is 4.90 Å². The Kier molecular flexibility index (Phi) is 8.91. The standard InChI is InChI=1S/C31H41NO5/c1-32(2)23-27(30(19-9-5-10-20-30)36-28(33)24-13-7-4-8-14-24)31(21-11-6-12-22-31)37-29(34)25-15-17-26(35-3)18-16-25/h4,7-8,13-18,27H,5-6,9-12,19-23H2,1-3H3. The Morgan fingerprint density at radius 1 is 0.730 bits per heavy atom. The van der Waals surface area contributed by atoms with Crippen molar-refractivity contribution in [3.8, 4) is 5.75 Å². The van der Waals surface area contributed by atoms with Crippen LogP contribution in [-0.2, 0) is 9.47 Å². The maximum absolute atomic E-state index is 13.6. The summed E-state index contributed by atoms with van der Waals surface area (Å²) >= 11 is 0. The fourth-order valence-corrected chi connectivity index (χ4v) is 6.31. The first-order valence-corrected chi connectivity index (χ1v) is 13.7. The second-order valence-corrected chi connectivity index (χ2v) is 10.9. The Labute approximate surface area is 221 Å². The van der Waals surface area contributed by atoms with Gasteiger partial charge >= 0.3 is 11.9 Å². The zero-order chi connectivity index (χ0) is 26.3. The smallest absolute Gasteiger partial charge is 0.338 e. The SMILES string of the molecule is COc1ccc(C(=O)OC2(C(CN(C)C)C3(OC(=O)c4ccccc4)CCCCC3)CCCCC2)cc1. The van der Waals surface area contributed by atoms with E-state index in [0.717, 1.165) is 64.2 Å². The van der Waals surface area contributed by atoms with Crippen LogP contribution in [0.15, 0.2) is 54.6 Å². The number of carbonyl (C=O) groups is 2. The number of hydrogen-bond acceptors (Lipinski definition) is 6. The second-order valence-electron chi connectivity index (χ2n) is 10.9. The normalized spacial score (nSPS) is 19.6. The van der Waals surface area contributed by atoms with E-state index < -0.39 is 11.2 Å². The second kappa shape index (κ2) is 12.1. The highest BCUT2D eigenvalue weighted by atomic mass is 16.6. The van der Waals surface area contributed by atoms with Crippen molar-refractivity contribution < 1.29 is 23.8 Å². The van der Waals surface area contributed by atoms with Crippen molar-refractivity contribution in [1.29, 1.82) is 0 Å². The van der Waals surface area contributed by atoms with Gasteiger partial charge in [-0.15, -0.1) is 0 Å². The number of nitrogens with zero attached hydrogens (tertiary/aromatic N) is 1. The topological polar surface area (TPSA) is 65.1 Å². The first-order chi connectivity index (χ1) is 17.9. The van der Waals surface area contributed by atoms with Gasteiger partial charge in [0.25, 0.3) is 0 Å². The van der Waals surface area contributed by atoms with E-state index in [1.165, 1.54) is 0 Å². The van der Waals surface area contributed by atoms with E-state index in [1.807, 2.05) is 32.3 Å². The third-order valence-electron chi connectivity index (χ3n) is 8.14. The van der Waals surface area contributed by atoms with Gasteiger partial charge in [-0.25, -0.2) is 9.59 Å². The predicted molar refractivity (Wildman–Crippen MR) is 144 cm³/mol. The molecule has 0 bridgehead atoms. The Morgan fingerprint density at radius 2 is 1.19 bits per heavy atom. The minimum atomic E-state index is -0.701. The van der Waals surface area contributed by atoms with E-state index >= 15 is 0 Å². The van der Waals surface area contributed by atoms with Gasteiger partial charge < -0.3 is 19.1 Å². The quantitative estimate of drug-likeness (QED) is 0.372. The van der Waals surface area contributed by atoms with Crippen LogP contribution in [0.1, 0.15) is 84.9 Å². The Morgan fingerprint density at radius 3 is 1.62 bits per heavy atom. The van der Waals surface area contributed by atoms with Gasteiger partial charge in [0, 0.05) is 6.54 Å². The van der Waals surface area contributed by atoms with Crippen LogP contribution in [0.25, 0.3) is 0 Å². The maximum atomic E-state index is 13.6. The molecule has 37 heavy (non-hydrogen) atoms. The average Bonchev–Trinajstić information content (AvgIpc) is 2.93. The molecular weight excluding hydrogens is 466 g/mol. The zero-order valence-electron chi connectivity index (χ0n) is 22.5. The van der Waals surface area contributed by atoms with E-state index in [2.05, 4.69) is 4.90 Å². The van der Waals surface area contributed by atoms with E-state index in [4.69, 9.17) is 14.2 Å². The largest absolute Gasteiger partial charge is 0.497 e. The van der Waals surface area contributed by atoms with Crippen LogP contribution in [0.2, 0.25) is 0 Å². The highest BCUT2D eigenvalue weighted by molar-refractivity contribution is 5.90. The molecule has 2 saturated carbocycles. The van der Waals surface area contributed by atoms with Crippen LogP contribution in [-0.4, -0.2) is 55.8 Å². The van der Waals surface area contributed by atoms with Gasteiger partial charge in [0.05, 0.1) is 24.2 Å². The third kappa shape index (κ3) is 6.35. The summed E-state index contributed by atoms with van der Waals surface area (Å²) in [5, 5.41) is 0. The Hall–Kier alpha value is -2.86. The van der Waals surface area contributed by atoms with Crippen molar-refractivity contribution >= 4 is 11.9 Å². The molecule has 0 aliphatic heterocycles. The molecule has 1 unspecified atom stereocenters. The van der Waals surface area contributed by atoms with Gasteiger partial charge in [-0.1, -0.05) is 31.0 Å². The van der Waals surface area contributed by atoms with Crippen LogP contribution >= 0.6 is 0 Å². The van der Waals surface area contributed by atoms with Gasteiger partial charge in [-0.2, -0.15) is 0 Å². The van der Waals surface area contributed by atoms with Crippen LogP contribution in [0.5, 0.6) is 5.75 Å². The lowest BCUT2D eigenvalue weighted by Gasteiger charge is -2.53. The van der Waals surface area contributed by atoms with Crippen LogP contribution < -0.4 is 4.74 Å². The molecule has 0 amide bonds. The maximum Gasteiger partial charge on any atom is 0.338 e. The van der Waals surface area contributed by atoms with E-state index in [-0.39, 0.29) is 17.9 Å². The molecule has 0 spiro atoms. The lowest BCUT2D eigenvalue weighted by atomic mass is 9.63. The molecule has 4 rings (SSSR count). The fourth-order valence-electron chi connectivity index (χ4n) is 6.31. The molecule has 0 N–H and O–H groups in total. The van der Waals surface area contributed by atoms with Crippen molar-refractivity contribution in [2.24, 2.45) is 5.92 Å². The van der Waals surface area contributed by atoms with Crippen LogP contribution in [0.4, 0.5) is 0 Å². The molecule has 0 saturated heterocycles. The summed E-state index contributed by atoms with van der Waals surface area (Å²) in [7, 11) is 5.70. The molecule has 200 valence electrons. The summed E-state index contributed by atoms with van der Waals surface area (Å²) in [5.74, 6) is -0.0544. The number of esters is 2. The summed E-state index contributed by atoms with van der Waals surface area (Å²) < 4.78 is 18.4. The average molecular weight is 508 g/mol. The van der Waals surface area contributed by atoms with E-state index in [1.54, 1.807) is 43.5 Å². The number of rotatable bonds is 9. The number of hydrogen-bond donors (Lipinski definition) is 0. The van der Waals surface area contributed by atoms with Crippen molar-refractivity contribution in [2.45, 2.75) is 75.4 Å². The molecule has 2 aliphatic rings. The highest BCUT2D eigenvalue weighted by Crippen LogP contribution is 2.50. The lowest BCUT2D eigenvalue weighted by Crippen LogP contribution is -2.60. The van der Waals surface area contributed by atoms with E-state index in [9.17, 15) is 9.59 Å². The number of benzene rings is 2. The Bertz CT molecular complexity index is 1020. The van der Waals surface area contributed by atoms with Crippen molar-refractivity contribution in [3.63, 3.8) is 0 Å². The third-order valence-corrected chi connectivity index (χ3v) is 8.14. The summed E-state index contributed by atoms with van der Waals surface area (Å²) in [6, 6.07) is 16.3. The minimum absolute atomic E-state index is 0.134. The molecule has 2 fully saturated rings. The van der Waals surface area contributed by atoms with Crippen LogP contribution in [0.3, 0.4) is 0 Å². The molecule has 0 radical (unpaired) electrons. The van der Waals surface area contributed by atoms with E-state index in [0.29, 0.717) is 23.4 Å². The van der Waals surface area contributed by atoms with Gasteiger partial charge in [0.1, 0.15) is 17.0 Å². The lowest BCUT2D eigenvalue weighted by molar-refractivity contribution is -0.164. The monoisotopic (exact) mass is 507 g/mol. The van der Waals surface area contributed by atoms with Crippen LogP contribution in [0, 0.1) is 5.92 Å². The molecule has 1 atom stereocenters. The summed E-state index contributed by atoms with van der Waals surface area (Å²) in [6.07, 6.45) is 9.33. The molecule has 2 aliphatic carbocycles. The molecular formula is C31H41NO5. The zero-order valence-corrected chi connectivity index (χ0v) is 22.5. The van der Waals surface area contributed by atoms with Crippen molar-refractivity contribution in [3.05, 3.63) is 65.7 Å². The summed E-state index contributed by atoms with van der Waals surface area (Å²) in [6.45, 7) is 0.679. The first-order valence-electron chi connectivity index (χ1n) is 13.7. The van der Waals surface area contributed by atoms with Gasteiger partial charge in [0.2, 0.25) is 0 Å². The number of ether oxygens (including phenoxy) is 3. The highest BCUT2D eigenvalue weighted by Gasteiger charge is 2.56. The Balaban J connectivity index is 1.71.